The van der Waals surface area contributed by atoms with Gasteiger partial charge in [-0.2, -0.15) is 0 Å². The van der Waals surface area contributed by atoms with Gasteiger partial charge in [-0.3, -0.25) is 0 Å². The van der Waals surface area contributed by atoms with Crippen molar-refractivity contribution in [3.63, 3.8) is 0 Å². The standard InChI is InChI=1S/C60H44N2/c1-7-19-45(20-8-1)49-39-50(46-21-9-2-10-22-46)42-53(41-49)54-43-51(47-31-35-59(36-32-47)61(55-23-11-3-12-24-55)56-25-13-4-14-26-56)40-52(44-54)48-33-37-60(38-34-48)62(57-27-15-5-16-28-57)58-29-17-6-18-30-58/h1-44H. The predicted octanol–water partition coefficient (Wildman–Crippen LogP) is 17.0. The van der Waals surface area contributed by atoms with Crippen molar-refractivity contribution in [3.05, 3.63) is 267 Å². The highest BCUT2D eigenvalue weighted by Gasteiger charge is 2.16. The maximum atomic E-state index is 2.35. The summed E-state index contributed by atoms with van der Waals surface area (Å²) in [6.45, 7) is 0. The summed E-state index contributed by atoms with van der Waals surface area (Å²) < 4.78 is 0. The van der Waals surface area contributed by atoms with Crippen LogP contribution in [0.1, 0.15) is 0 Å². The molecule has 0 saturated heterocycles. The molecule has 0 spiro atoms. The Morgan fingerprint density at radius 3 is 0.565 bits per heavy atom. The summed E-state index contributed by atoms with van der Waals surface area (Å²) in [6, 6.07) is 95.7. The topological polar surface area (TPSA) is 6.48 Å². The zero-order valence-electron chi connectivity index (χ0n) is 34.3. The Labute approximate surface area is 364 Å². The fraction of sp³-hybridized carbons (Fsp3) is 0. The van der Waals surface area contributed by atoms with Gasteiger partial charge in [0.1, 0.15) is 0 Å². The molecule has 0 N–H and O–H groups in total. The van der Waals surface area contributed by atoms with Gasteiger partial charge in [0.05, 0.1) is 0 Å². The maximum absolute atomic E-state index is 2.35. The lowest BCUT2D eigenvalue weighted by Gasteiger charge is -2.25. The van der Waals surface area contributed by atoms with Crippen LogP contribution < -0.4 is 9.80 Å². The molecule has 10 aromatic carbocycles. The van der Waals surface area contributed by atoms with Gasteiger partial charge in [-0.25, -0.2) is 0 Å². The maximum Gasteiger partial charge on any atom is 0.0462 e. The van der Waals surface area contributed by atoms with Crippen molar-refractivity contribution in [1.82, 2.24) is 0 Å². The first-order chi connectivity index (χ1) is 30.7. The molecule has 2 heteroatoms. The van der Waals surface area contributed by atoms with Crippen LogP contribution in [-0.2, 0) is 0 Å². The molecule has 0 saturated carbocycles. The minimum Gasteiger partial charge on any atom is -0.311 e. The molecule has 0 atom stereocenters. The molecular formula is C60H44N2. The molecule has 10 rings (SSSR count). The van der Waals surface area contributed by atoms with Gasteiger partial charge < -0.3 is 9.80 Å². The lowest BCUT2D eigenvalue weighted by atomic mass is 9.90. The number of anilines is 6. The van der Waals surface area contributed by atoms with Gasteiger partial charge in [-0.05, 0) is 165 Å². The Kier molecular flexibility index (Phi) is 10.8. The zero-order chi connectivity index (χ0) is 41.5. The van der Waals surface area contributed by atoms with Crippen molar-refractivity contribution in [3.8, 4) is 55.6 Å². The largest absolute Gasteiger partial charge is 0.311 e. The Morgan fingerprint density at radius 1 is 0.145 bits per heavy atom. The summed E-state index contributed by atoms with van der Waals surface area (Å²) >= 11 is 0. The molecule has 0 aliphatic rings. The van der Waals surface area contributed by atoms with Crippen LogP contribution in [0.5, 0.6) is 0 Å². The Balaban J connectivity index is 1.11. The van der Waals surface area contributed by atoms with Crippen molar-refractivity contribution in [2.45, 2.75) is 0 Å². The summed E-state index contributed by atoms with van der Waals surface area (Å²) in [4.78, 5) is 4.61. The number of nitrogens with zero attached hydrogens (tertiary/aromatic N) is 2. The van der Waals surface area contributed by atoms with Crippen LogP contribution in [0.2, 0.25) is 0 Å². The number of rotatable bonds is 11. The van der Waals surface area contributed by atoms with E-state index in [1.54, 1.807) is 0 Å². The molecule has 0 radical (unpaired) electrons. The van der Waals surface area contributed by atoms with E-state index in [1.165, 1.54) is 27.8 Å². The first-order valence-electron chi connectivity index (χ1n) is 21.2. The highest BCUT2D eigenvalue weighted by atomic mass is 15.1. The fourth-order valence-electron chi connectivity index (χ4n) is 8.32. The summed E-state index contributed by atoms with van der Waals surface area (Å²) in [6.07, 6.45) is 0. The van der Waals surface area contributed by atoms with E-state index in [1.807, 2.05) is 0 Å². The number of hydrogen-bond donors (Lipinski definition) is 0. The molecule has 0 amide bonds. The van der Waals surface area contributed by atoms with Crippen LogP contribution in [-0.4, -0.2) is 0 Å². The summed E-state index contributed by atoms with van der Waals surface area (Å²) in [5.74, 6) is 0. The lowest BCUT2D eigenvalue weighted by molar-refractivity contribution is 1.28. The first-order valence-corrected chi connectivity index (χ1v) is 21.2. The Hall–Kier alpha value is -8.20. The molecule has 62 heavy (non-hydrogen) atoms. The second-order valence-corrected chi connectivity index (χ2v) is 15.4. The monoisotopic (exact) mass is 792 g/mol. The van der Waals surface area contributed by atoms with E-state index in [-0.39, 0.29) is 0 Å². The van der Waals surface area contributed by atoms with Crippen molar-refractivity contribution in [2.75, 3.05) is 9.80 Å². The molecule has 294 valence electrons. The van der Waals surface area contributed by atoms with Gasteiger partial charge in [0, 0.05) is 34.1 Å². The van der Waals surface area contributed by atoms with Crippen molar-refractivity contribution < 1.29 is 0 Å². The van der Waals surface area contributed by atoms with E-state index >= 15 is 0 Å². The van der Waals surface area contributed by atoms with E-state index in [2.05, 4.69) is 277 Å². The van der Waals surface area contributed by atoms with Gasteiger partial charge in [0.25, 0.3) is 0 Å². The van der Waals surface area contributed by atoms with E-state index in [0.717, 1.165) is 61.9 Å². The van der Waals surface area contributed by atoms with Crippen molar-refractivity contribution >= 4 is 34.1 Å². The van der Waals surface area contributed by atoms with Crippen LogP contribution >= 0.6 is 0 Å². The minimum absolute atomic E-state index is 1.10. The minimum atomic E-state index is 1.10. The second-order valence-electron chi connectivity index (χ2n) is 15.4. The van der Waals surface area contributed by atoms with Gasteiger partial charge in [-0.1, -0.05) is 158 Å². The van der Waals surface area contributed by atoms with Gasteiger partial charge >= 0.3 is 0 Å². The van der Waals surface area contributed by atoms with Gasteiger partial charge in [0.15, 0.2) is 0 Å². The lowest BCUT2D eigenvalue weighted by Crippen LogP contribution is -2.09. The quantitative estimate of drug-likeness (QED) is 0.129. The smallest absolute Gasteiger partial charge is 0.0462 e. The third kappa shape index (κ3) is 8.18. The number of benzene rings is 10. The summed E-state index contributed by atoms with van der Waals surface area (Å²) in [5, 5.41) is 0. The van der Waals surface area contributed by atoms with Gasteiger partial charge in [-0.15, -0.1) is 0 Å². The third-order valence-electron chi connectivity index (χ3n) is 11.4. The summed E-state index contributed by atoms with van der Waals surface area (Å²) in [7, 11) is 0. The molecule has 2 nitrogen and oxygen atoms in total. The average Bonchev–Trinajstić information content (AvgIpc) is 3.36. The van der Waals surface area contributed by atoms with Gasteiger partial charge in [0.2, 0.25) is 0 Å². The fourth-order valence-corrected chi connectivity index (χ4v) is 8.32. The second kappa shape index (κ2) is 17.6. The average molecular weight is 793 g/mol. The highest BCUT2D eigenvalue weighted by Crippen LogP contribution is 2.41. The van der Waals surface area contributed by atoms with Crippen LogP contribution in [0.4, 0.5) is 34.1 Å². The molecule has 0 bridgehead atoms. The summed E-state index contributed by atoms with van der Waals surface area (Å²) in [5.41, 5.74) is 18.3. The molecular weight excluding hydrogens is 749 g/mol. The first kappa shape index (κ1) is 38.0. The Bertz CT molecular complexity index is 2720. The van der Waals surface area contributed by atoms with Crippen LogP contribution in [0.3, 0.4) is 0 Å². The van der Waals surface area contributed by atoms with E-state index in [9.17, 15) is 0 Å². The van der Waals surface area contributed by atoms with E-state index in [4.69, 9.17) is 0 Å². The van der Waals surface area contributed by atoms with Crippen LogP contribution in [0.25, 0.3) is 55.6 Å². The van der Waals surface area contributed by atoms with E-state index in [0.29, 0.717) is 0 Å². The molecule has 0 aromatic heterocycles. The number of hydrogen-bond acceptors (Lipinski definition) is 2. The van der Waals surface area contributed by atoms with Crippen LogP contribution in [0, 0.1) is 0 Å². The zero-order valence-corrected chi connectivity index (χ0v) is 34.3. The molecule has 0 aliphatic carbocycles. The van der Waals surface area contributed by atoms with Crippen molar-refractivity contribution in [2.24, 2.45) is 0 Å². The van der Waals surface area contributed by atoms with Crippen molar-refractivity contribution in [1.29, 1.82) is 0 Å². The third-order valence-corrected chi connectivity index (χ3v) is 11.4. The molecule has 0 unspecified atom stereocenters. The predicted molar refractivity (Wildman–Crippen MR) is 263 cm³/mol. The molecule has 0 aliphatic heterocycles. The normalized spacial score (nSPS) is 10.9. The van der Waals surface area contributed by atoms with Crippen LogP contribution in [0.15, 0.2) is 267 Å². The molecule has 0 fully saturated rings. The highest BCUT2D eigenvalue weighted by molar-refractivity contribution is 5.88. The SMILES string of the molecule is c1ccc(-c2cc(-c3ccccc3)cc(-c3cc(-c4ccc(N(c5ccccc5)c5ccccc5)cc4)cc(-c4ccc(N(c5ccccc5)c5ccccc5)cc4)c3)c2)cc1. The Morgan fingerprint density at radius 2 is 0.323 bits per heavy atom. The molecule has 0 heterocycles. The number of para-hydroxylation sites is 4. The van der Waals surface area contributed by atoms with E-state index < -0.39 is 0 Å². The molecule has 10 aromatic rings.